The number of nitrogens with zero attached hydrogens (tertiary/aromatic N) is 2. The normalized spacial score (nSPS) is 14.1. The third-order valence-corrected chi connectivity index (χ3v) is 5.57. The molecule has 26 heavy (non-hydrogen) atoms. The standard InChI is InChI=1S/C19H20ClN3O2S/c1-21-19-17(15(12-26-19)13-5-7-14(20)8-6-13)18(25)22-11-16(24)23-9-3-2-4-10-23/h5-8,12H,1-4,9-11H2,(H,22,25). The van der Waals surface area contributed by atoms with Crippen LogP contribution in [0.4, 0.5) is 5.00 Å². The summed E-state index contributed by atoms with van der Waals surface area (Å²) >= 11 is 7.29. The van der Waals surface area contributed by atoms with E-state index >= 15 is 0 Å². The highest BCUT2D eigenvalue weighted by Crippen LogP contribution is 2.37. The van der Waals surface area contributed by atoms with Crippen LogP contribution in [0, 0.1) is 0 Å². The third kappa shape index (κ3) is 4.14. The molecule has 1 aliphatic heterocycles. The number of halogens is 1. The number of aliphatic imine (C=N–C) groups is 1. The average molecular weight is 390 g/mol. The first-order valence-corrected chi connectivity index (χ1v) is 9.76. The van der Waals surface area contributed by atoms with Crippen LogP contribution in [-0.4, -0.2) is 43.1 Å². The minimum absolute atomic E-state index is 0.00861. The van der Waals surface area contributed by atoms with Crippen LogP contribution in [0.3, 0.4) is 0 Å². The Labute approximate surface area is 161 Å². The molecule has 0 atom stereocenters. The summed E-state index contributed by atoms with van der Waals surface area (Å²) in [6, 6.07) is 7.26. The Morgan fingerprint density at radius 2 is 1.88 bits per heavy atom. The fourth-order valence-electron chi connectivity index (χ4n) is 3.02. The number of piperidine rings is 1. The van der Waals surface area contributed by atoms with E-state index in [9.17, 15) is 9.59 Å². The van der Waals surface area contributed by atoms with Gasteiger partial charge in [-0.25, -0.2) is 0 Å². The Kier molecular flexibility index (Phi) is 6.06. The molecule has 0 bridgehead atoms. The molecule has 7 heteroatoms. The molecule has 0 unspecified atom stereocenters. The summed E-state index contributed by atoms with van der Waals surface area (Å²) in [6.07, 6.45) is 3.20. The number of amides is 2. The van der Waals surface area contributed by atoms with Crippen molar-refractivity contribution in [3.05, 3.63) is 40.2 Å². The topological polar surface area (TPSA) is 61.8 Å². The van der Waals surface area contributed by atoms with Gasteiger partial charge in [0.05, 0.1) is 12.1 Å². The van der Waals surface area contributed by atoms with Gasteiger partial charge >= 0.3 is 0 Å². The minimum Gasteiger partial charge on any atom is -0.343 e. The maximum Gasteiger partial charge on any atom is 0.255 e. The Balaban J connectivity index is 1.75. The van der Waals surface area contributed by atoms with Gasteiger partial charge in [-0.05, 0) is 43.7 Å². The molecule has 3 rings (SSSR count). The first kappa shape index (κ1) is 18.6. The quantitative estimate of drug-likeness (QED) is 0.781. The lowest BCUT2D eigenvalue weighted by atomic mass is 10.0. The molecule has 1 aromatic carbocycles. The molecule has 0 spiro atoms. The van der Waals surface area contributed by atoms with Crippen LogP contribution in [0.15, 0.2) is 34.6 Å². The number of carbonyl (C=O) groups excluding carboxylic acids is 2. The van der Waals surface area contributed by atoms with E-state index in [1.807, 2.05) is 22.4 Å². The fourth-order valence-corrected chi connectivity index (χ4v) is 4.03. The molecule has 2 heterocycles. The van der Waals surface area contributed by atoms with Crippen LogP contribution in [0.1, 0.15) is 29.6 Å². The fraction of sp³-hybridized carbons (Fsp3) is 0.316. The molecule has 136 valence electrons. The van der Waals surface area contributed by atoms with Crippen molar-refractivity contribution in [2.75, 3.05) is 19.6 Å². The van der Waals surface area contributed by atoms with Gasteiger partial charge in [0.15, 0.2) is 0 Å². The van der Waals surface area contributed by atoms with Gasteiger partial charge in [0.25, 0.3) is 5.91 Å². The van der Waals surface area contributed by atoms with E-state index in [2.05, 4.69) is 17.0 Å². The highest BCUT2D eigenvalue weighted by molar-refractivity contribution is 7.14. The van der Waals surface area contributed by atoms with Crippen molar-refractivity contribution in [3.8, 4) is 11.1 Å². The van der Waals surface area contributed by atoms with E-state index < -0.39 is 0 Å². The molecule has 1 fully saturated rings. The van der Waals surface area contributed by atoms with Gasteiger partial charge in [-0.1, -0.05) is 23.7 Å². The van der Waals surface area contributed by atoms with Crippen LogP contribution in [0.2, 0.25) is 5.02 Å². The number of nitrogens with one attached hydrogen (secondary N) is 1. The van der Waals surface area contributed by atoms with Crippen molar-refractivity contribution in [2.45, 2.75) is 19.3 Å². The molecular weight excluding hydrogens is 370 g/mol. The zero-order valence-electron chi connectivity index (χ0n) is 14.3. The number of hydrogen-bond donors (Lipinski definition) is 1. The Morgan fingerprint density at radius 3 is 2.54 bits per heavy atom. The van der Waals surface area contributed by atoms with Crippen LogP contribution in [-0.2, 0) is 4.79 Å². The van der Waals surface area contributed by atoms with Gasteiger partial charge in [-0.2, -0.15) is 0 Å². The van der Waals surface area contributed by atoms with E-state index in [-0.39, 0.29) is 18.4 Å². The number of carbonyl (C=O) groups is 2. The zero-order valence-corrected chi connectivity index (χ0v) is 15.9. The zero-order chi connectivity index (χ0) is 18.5. The van der Waals surface area contributed by atoms with Crippen molar-refractivity contribution in [3.63, 3.8) is 0 Å². The molecule has 1 aromatic heterocycles. The molecule has 1 N–H and O–H groups in total. The summed E-state index contributed by atoms with van der Waals surface area (Å²) in [4.78, 5) is 30.8. The van der Waals surface area contributed by atoms with Crippen molar-refractivity contribution >= 4 is 46.5 Å². The Hall–Kier alpha value is -2.18. The van der Waals surface area contributed by atoms with Crippen molar-refractivity contribution in [1.82, 2.24) is 10.2 Å². The second-order valence-electron chi connectivity index (χ2n) is 6.12. The Morgan fingerprint density at radius 1 is 1.19 bits per heavy atom. The molecule has 0 saturated carbocycles. The molecule has 0 radical (unpaired) electrons. The van der Waals surface area contributed by atoms with Crippen LogP contribution < -0.4 is 5.32 Å². The predicted molar refractivity (Wildman–Crippen MR) is 107 cm³/mol. The maximum atomic E-state index is 12.7. The number of benzene rings is 1. The van der Waals surface area contributed by atoms with Crippen molar-refractivity contribution in [1.29, 1.82) is 0 Å². The van der Waals surface area contributed by atoms with Gasteiger partial charge < -0.3 is 10.2 Å². The average Bonchev–Trinajstić information content (AvgIpc) is 3.11. The third-order valence-electron chi connectivity index (χ3n) is 4.41. The number of likely N-dealkylation sites (tertiary alicyclic amines) is 1. The van der Waals surface area contributed by atoms with Crippen molar-refractivity contribution < 1.29 is 9.59 Å². The summed E-state index contributed by atoms with van der Waals surface area (Å²) < 4.78 is 0. The highest BCUT2D eigenvalue weighted by atomic mass is 35.5. The summed E-state index contributed by atoms with van der Waals surface area (Å²) in [5, 5.41) is 5.78. The van der Waals surface area contributed by atoms with Gasteiger partial charge in [0.1, 0.15) is 5.00 Å². The smallest absolute Gasteiger partial charge is 0.255 e. The molecule has 1 saturated heterocycles. The first-order chi connectivity index (χ1) is 12.6. The number of hydrogen-bond acceptors (Lipinski definition) is 4. The van der Waals surface area contributed by atoms with Crippen LogP contribution >= 0.6 is 22.9 Å². The number of rotatable bonds is 5. The van der Waals surface area contributed by atoms with E-state index in [1.54, 1.807) is 12.1 Å². The predicted octanol–water partition coefficient (Wildman–Crippen LogP) is 4.14. The lowest BCUT2D eigenvalue weighted by Crippen LogP contribution is -2.42. The molecule has 1 aliphatic rings. The maximum absolute atomic E-state index is 12.7. The molecular formula is C19H20ClN3O2S. The Bertz CT molecular complexity index is 811. The summed E-state index contributed by atoms with van der Waals surface area (Å²) in [5.74, 6) is -0.363. The molecule has 5 nitrogen and oxygen atoms in total. The van der Waals surface area contributed by atoms with E-state index in [0.29, 0.717) is 15.6 Å². The van der Waals surface area contributed by atoms with Crippen molar-refractivity contribution in [2.24, 2.45) is 4.99 Å². The minimum atomic E-state index is -0.316. The molecule has 0 aliphatic carbocycles. The largest absolute Gasteiger partial charge is 0.343 e. The molecule has 2 amide bonds. The van der Waals surface area contributed by atoms with Gasteiger partial charge in [0, 0.05) is 29.1 Å². The second-order valence-corrected chi connectivity index (χ2v) is 7.41. The van der Waals surface area contributed by atoms with E-state index in [1.165, 1.54) is 11.3 Å². The van der Waals surface area contributed by atoms with E-state index in [4.69, 9.17) is 11.6 Å². The lowest BCUT2D eigenvalue weighted by Gasteiger charge is -2.26. The number of thiophene rings is 1. The molecule has 2 aromatic rings. The monoisotopic (exact) mass is 389 g/mol. The van der Waals surface area contributed by atoms with Gasteiger partial charge in [-0.15, -0.1) is 11.3 Å². The van der Waals surface area contributed by atoms with E-state index in [0.717, 1.165) is 43.5 Å². The summed E-state index contributed by atoms with van der Waals surface area (Å²) in [6.45, 7) is 5.07. The van der Waals surface area contributed by atoms with Crippen LogP contribution in [0.5, 0.6) is 0 Å². The first-order valence-electron chi connectivity index (χ1n) is 8.50. The van der Waals surface area contributed by atoms with Gasteiger partial charge in [-0.3, -0.25) is 14.6 Å². The summed E-state index contributed by atoms with van der Waals surface area (Å²) in [5.41, 5.74) is 2.07. The second kappa shape index (κ2) is 8.47. The lowest BCUT2D eigenvalue weighted by molar-refractivity contribution is -0.130. The van der Waals surface area contributed by atoms with Crippen LogP contribution in [0.25, 0.3) is 11.1 Å². The SMILES string of the molecule is C=Nc1scc(-c2ccc(Cl)cc2)c1C(=O)NCC(=O)N1CCCCC1. The van der Waals surface area contributed by atoms with Gasteiger partial charge in [0.2, 0.25) is 5.91 Å². The highest BCUT2D eigenvalue weighted by Gasteiger charge is 2.22. The summed E-state index contributed by atoms with van der Waals surface area (Å²) in [7, 11) is 0.